The molecule has 0 aliphatic carbocycles. The third kappa shape index (κ3) is 3.46. The van der Waals surface area contributed by atoms with Crippen molar-refractivity contribution in [1.82, 2.24) is 19.7 Å². The van der Waals surface area contributed by atoms with E-state index in [1.165, 1.54) is 0 Å². The van der Waals surface area contributed by atoms with Gasteiger partial charge in [0, 0.05) is 36.8 Å². The van der Waals surface area contributed by atoms with Crippen molar-refractivity contribution in [3.8, 4) is 5.82 Å². The molecule has 142 valence electrons. The number of hydrogen-bond donors (Lipinski definition) is 1. The van der Waals surface area contributed by atoms with Crippen LogP contribution in [0.5, 0.6) is 0 Å². The minimum Gasteiger partial charge on any atom is -0.461 e. The predicted octanol–water partition coefficient (Wildman–Crippen LogP) is 4.24. The summed E-state index contributed by atoms with van der Waals surface area (Å²) in [6.45, 7) is 2.51. The van der Waals surface area contributed by atoms with Crippen LogP contribution in [0.1, 0.15) is 18.2 Å². The van der Waals surface area contributed by atoms with E-state index in [2.05, 4.69) is 15.4 Å². The molecule has 0 bridgehead atoms. The zero-order valence-corrected chi connectivity index (χ0v) is 15.8. The van der Waals surface area contributed by atoms with E-state index in [9.17, 15) is 4.79 Å². The fourth-order valence-electron chi connectivity index (χ4n) is 3.14. The number of aromatic nitrogens is 3. The van der Waals surface area contributed by atoms with Crippen molar-refractivity contribution < 1.29 is 9.21 Å². The maximum atomic E-state index is 12.6. The second-order valence-electron chi connectivity index (χ2n) is 6.50. The largest absolute Gasteiger partial charge is 0.461 e. The number of carbonyl (C=O) groups excluding carboxylic acids is 1. The molecule has 0 saturated heterocycles. The van der Waals surface area contributed by atoms with Gasteiger partial charge in [-0.1, -0.05) is 25.1 Å². The van der Waals surface area contributed by atoms with E-state index in [1.807, 2.05) is 43.5 Å². The highest BCUT2D eigenvalue weighted by atomic mass is 16.3. The number of carbonyl (C=O) groups is 1. The van der Waals surface area contributed by atoms with Gasteiger partial charge in [-0.15, -0.1) is 0 Å². The molecule has 7 heteroatoms. The SMILES string of the molecule is CCc1oc2ccccc2c1CN(C)C(=O)Nc1ccc(-n2cccn2)nc1. The zero-order valence-electron chi connectivity index (χ0n) is 15.8. The molecule has 3 aromatic heterocycles. The van der Waals surface area contributed by atoms with Gasteiger partial charge in [-0.2, -0.15) is 5.10 Å². The zero-order chi connectivity index (χ0) is 19.5. The lowest BCUT2D eigenvalue weighted by Crippen LogP contribution is -2.31. The Balaban J connectivity index is 1.47. The number of fused-ring (bicyclic) bond motifs is 1. The normalized spacial score (nSPS) is 10.9. The summed E-state index contributed by atoms with van der Waals surface area (Å²) in [6.07, 6.45) is 5.90. The van der Waals surface area contributed by atoms with Crippen molar-refractivity contribution in [3.05, 3.63) is 72.4 Å². The fourth-order valence-corrected chi connectivity index (χ4v) is 3.14. The molecular weight excluding hydrogens is 354 g/mol. The number of benzene rings is 1. The summed E-state index contributed by atoms with van der Waals surface area (Å²) >= 11 is 0. The topological polar surface area (TPSA) is 76.2 Å². The summed E-state index contributed by atoms with van der Waals surface area (Å²) in [7, 11) is 1.77. The first kappa shape index (κ1) is 17.8. The fraction of sp³-hybridized carbons (Fsp3) is 0.190. The summed E-state index contributed by atoms with van der Waals surface area (Å²) in [6, 6.07) is 13.1. The first-order valence-electron chi connectivity index (χ1n) is 9.13. The number of nitrogens with zero attached hydrogens (tertiary/aromatic N) is 4. The second-order valence-corrected chi connectivity index (χ2v) is 6.50. The van der Waals surface area contributed by atoms with Crippen LogP contribution in [0.2, 0.25) is 0 Å². The molecule has 0 saturated carbocycles. The van der Waals surface area contributed by atoms with E-state index in [4.69, 9.17) is 4.42 Å². The van der Waals surface area contributed by atoms with Crippen molar-refractivity contribution >= 4 is 22.7 Å². The highest BCUT2D eigenvalue weighted by molar-refractivity contribution is 5.89. The molecule has 1 aromatic carbocycles. The summed E-state index contributed by atoms with van der Waals surface area (Å²) in [5, 5.41) is 8.06. The number of para-hydroxylation sites is 1. The third-order valence-electron chi connectivity index (χ3n) is 4.58. The summed E-state index contributed by atoms with van der Waals surface area (Å²) < 4.78 is 7.58. The lowest BCUT2D eigenvalue weighted by atomic mass is 10.1. The summed E-state index contributed by atoms with van der Waals surface area (Å²) in [5.41, 5.74) is 2.52. The molecule has 0 aliphatic rings. The van der Waals surface area contributed by atoms with Crippen LogP contribution in [0.15, 0.2) is 65.5 Å². The Labute approximate surface area is 162 Å². The number of rotatable bonds is 5. The Morgan fingerprint density at radius 2 is 2.07 bits per heavy atom. The molecular formula is C21H21N5O2. The molecule has 3 heterocycles. The molecule has 4 aromatic rings. The van der Waals surface area contributed by atoms with Crippen molar-refractivity contribution in [1.29, 1.82) is 0 Å². The Bertz CT molecular complexity index is 1080. The van der Waals surface area contributed by atoms with Crippen LogP contribution < -0.4 is 5.32 Å². The molecule has 0 unspecified atom stereocenters. The van der Waals surface area contributed by atoms with Crippen LogP contribution in [0.4, 0.5) is 10.5 Å². The van der Waals surface area contributed by atoms with Gasteiger partial charge in [-0.25, -0.2) is 14.5 Å². The molecule has 0 aliphatic heterocycles. The van der Waals surface area contributed by atoms with Gasteiger partial charge in [-0.05, 0) is 24.3 Å². The minimum absolute atomic E-state index is 0.207. The average Bonchev–Trinajstić information content (AvgIpc) is 3.37. The maximum absolute atomic E-state index is 12.6. The highest BCUT2D eigenvalue weighted by Gasteiger charge is 2.17. The number of anilines is 1. The highest BCUT2D eigenvalue weighted by Crippen LogP contribution is 2.27. The number of furan rings is 1. The molecule has 2 amide bonds. The van der Waals surface area contributed by atoms with Crippen LogP contribution in [0.25, 0.3) is 16.8 Å². The van der Waals surface area contributed by atoms with Gasteiger partial charge in [0.05, 0.1) is 18.4 Å². The number of hydrogen-bond acceptors (Lipinski definition) is 4. The van der Waals surface area contributed by atoms with Crippen LogP contribution in [-0.2, 0) is 13.0 Å². The Kier molecular flexibility index (Phi) is 4.80. The lowest BCUT2D eigenvalue weighted by Gasteiger charge is -2.18. The molecule has 4 rings (SSSR count). The number of nitrogens with one attached hydrogen (secondary N) is 1. The third-order valence-corrected chi connectivity index (χ3v) is 4.58. The smallest absolute Gasteiger partial charge is 0.321 e. The van der Waals surface area contributed by atoms with E-state index < -0.39 is 0 Å². The number of aryl methyl sites for hydroxylation is 1. The van der Waals surface area contributed by atoms with Crippen LogP contribution in [-0.4, -0.2) is 32.7 Å². The molecule has 0 radical (unpaired) electrons. The second kappa shape index (κ2) is 7.56. The monoisotopic (exact) mass is 375 g/mol. The van der Waals surface area contributed by atoms with Crippen molar-refractivity contribution in [3.63, 3.8) is 0 Å². The van der Waals surface area contributed by atoms with Crippen molar-refractivity contribution in [2.45, 2.75) is 19.9 Å². The van der Waals surface area contributed by atoms with Gasteiger partial charge < -0.3 is 14.6 Å². The molecule has 7 nitrogen and oxygen atoms in total. The molecule has 0 fully saturated rings. The van der Waals surface area contributed by atoms with Crippen molar-refractivity contribution in [2.24, 2.45) is 0 Å². The number of amides is 2. The quantitative estimate of drug-likeness (QED) is 0.566. The first-order chi connectivity index (χ1) is 13.7. The Morgan fingerprint density at radius 1 is 1.21 bits per heavy atom. The number of pyridine rings is 1. The molecule has 0 spiro atoms. The molecule has 1 N–H and O–H groups in total. The molecule has 0 atom stereocenters. The van der Waals surface area contributed by atoms with E-state index in [1.54, 1.807) is 41.2 Å². The predicted molar refractivity (Wildman–Crippen MR) is 107 cm³/mol. The lowest BCUT2D eigenvalue weighted by molar-refractivity contribution is 0.220. The van der Waals surface area contributed by atoms with Crippen LogP contribution in [0.3, 0.4) is 0 Å². The van der Waals surface area contributed by atoms with Gasteiger partial charge in [-0.3, -0.25) is 0 Å². The van der Waals surface area contributed by atoms with Gasteiger partial charge in [0.25, 0.3) is 0 Å². The van der Waals surface area contributed by atoms with Gasteiger partial charge in [0.2, 0.25) is 0 Å². The van der Waals surface area contributed by atoms with E-state index in [0.29, 0.717) is 18.1 Å². The molecule has 28 heavy (non-hydrogen) atoms. The first-order valence-corrected chi connectivity index (χ1v) is 9.13. The standard InChI is InChI=1S/C21H21N5O2/c1-3-18-17(16-7-4-5-8-19(16)28-18)14-25(2)21(27)24-15-9-10-20(22-13-15)26-12-6-11-23-26/h4-13H,3,14H2,1-2H3,(H,24,27). The summed E-state index contributed by atoms with van der Waals surface area (Å²) in [5.74, 6) is 1.60. The van der Waals surface area contributed by atoms with Crippen LogP contribution >= 0.6 is 0 Å². The summed E-state index contributed by atoms with van der Waals surface area (Å²) in [4.78, 5) is 18.6. The minimum atomic E-state index is -0.207. The number of urea groups is 1. The average molecular weight is 375 g/mol. The van der Waals surface area contributed by atoms with Gasteiger partial charge >= 0.3 is 6.03 Å². The Hall–Kier alpha value is -3.61. The van der Waals surface area contributed by atoms with Gasteiger partial charge in [0.1, 0.15) is 11.3 Å². The van der Waals surface area contributed by atoms with Crippen molar-refractivity contribution in [2.75, 3.05) is 12.4 Å². The van der Waals surface area contributed by atoms with E-state index in [-0.39, 0.29) is 6.03 Å². The van der Waals surface area contributed by atoms with Gasteiger partial charge in [0.15, 0.2) is 5.82 Å². The van der Waals surface area contributed by atoms with Crippen LogP contribution in [0, 0.1) is 0 Å². The van der Waals surface area contributed by atoms with E-state index >= 15 is 0 Å². The maximum Gasteiger partial charge on any atom is 0.321 e. The van der Waals surface area contributed by atoms with E-state index in [0.717, 1.165) is 28.7 Å². The Morgan fingerprint density at radius 3 is 2.79 bits per heavy atom.